The molecule has 2 heteroatoms. The molecule has 0 atom stereocenters. The number of aromatic nitrogens is 1. The van der Waals surface area contributed by atoms with E-state index >= 15 is 0 Å². The van der Waals surface area contributed by atoms with Crippen LogP contribution in [0.25, 0.3) is 10.9 Å². The van der Waals surface area contributed by atoms with Crippen molar-refractivity contribution in [2.75, 3.05) is 0 Å². The molecule has 0 radical (unpaired) electrons. The fourth-order valence-electron chi connectivity index (χ4n) is 2.35. The van der Waals surface area contributed by atoms with Crippen molar-refractivity contribution in [1.29, 1.82) is 0 Å². The molecular formula is C15H20N2. The third-order valence-corrected chi connectivity index (χ3v) is 3.47. The highest BCUT2D eigenvalue weighted by Crippen LogP contribution is 2.21. The van der Waals surface area contributed by atoms with Gasteiger partial charge in [0.15, 0.2) is 0 Å². The largest absolute Gasteiger partial charge is 0.347 e. The van der Waals surface area contributed by atoms with E-state index in [-0.39, 0.29) is 0 Å². The monoisotopic (exact) mass is 228 g/mol. The Morgan fingerprint density at radius 3 is 2.94 bits per heavy atom. The Labute approximate surface area is 103 Å². The smallest absolute Gasteiger partial charge is 0.0480 e. The molecule has 1 aliphatic rings. The maximum absolute atomic E-state index is 3.56. The highest BCUT2D eigenvalue weighted by atomic mass is 15.0. The van der Waals surface area contributed by atoms with Crippen LogP contribution in [-0.4, -0.2) is 10.6 Å². The minimum atomic E-state index is 0.787. The van der Waals surface area contributed by atoms with Gasteiger partial charge in [0.2, 0.25) is 0 Å². The second kappa shape index (κ2) is 4.53. The molecule has 1 saturated carbocycles. The van der Waals surface area contributed by atoms with Crippen molar-refractivity contribution in [2.24, 2.45) is 0 Å². The maximum Gasteiger partial charge on any atom is 0.0480 e. The summed E-state index contributed by atoms with van der Waals surface area (Å²) >= 11 is 0. The third kappa shape index (κ3) is 2.37. The third-order valence-electron chi connectivity index (χ3n) is 3.47. The van der Waals surface area contributed by atoms with E-state index in [0.29, 0.717) is 0 Å². The van der Waals surface area contributed by atoms with Crippen molar-refractivity contribution in [3.8, 4) is 0 Å². The fraction of sp³-hybridized carbons (Fsp3) is 0.467. The van der Waals surface area contributed by atoms with Crippen LogP contribution in [0.3, 0.4) is 0 Å². The minimum absolute atomic E-state index is 0.787. The maximum atomic E-state index is 3.56. The molecule has 0 spiro atoms. The first-order valence-electron chi connectivity index (χ1n) is 6.68. The highest BCUT2D eigenvalue weighted by Gasteiger charge is 2.19. The molecule has 1 heterocycles. The van der Waals surface area contributed by atoms with E-state index in [4.69, 9.17) is 0 Å². The van der Waals surface area contributed by atoms with Crippen LogP contribution < -0.4 is 5.32 Å². The summed E-state index contributed by atoms with van der Waals surface area (Å²) in [6, 6.07) is 9.84. The van der Waals surface area contributed by atoms with Gasteiger partial charge in [0.25, 0.3) is 0 Å². The molecule has 1 aromatic heterocycles. The van der Waals surface area contributed by atoms with E-state index in [2.05, 4.69) is 47.3 Å². The van der Waals surface area contributed by atoms with E-state index in [1.54, 1.807) is 0 Å². The molecule has 3 rings (SSSR count). The SMILES string of the molecule is CCCn1ccc2cc(CNC3CC3)ccc21. The molecule has 0 amide bonds. The zero-order valence-electron chi connectivity index (χ0n) is 10.4. The Bertz CT molecular complexity index is 509. The summed E-state index contributed by atoms with van der Waals surface area (Å²) in [5.41, 5.74) is 2.76. The van der Waals surface area contributed by atoms with Gasteiger partial charge in [-0.3, -0.25) is 0 Å². The van der Waals surface area contributed by atoms with Gasteiger partial charge in [-0.05, 0) is 48.4 Å². The number of aryl methyl sites for hydroxylation is 1. The Balaban J connectivity index is 1.80. The van der Waals surface area contributed by atoms with E-state index in [1.807, 2.05) is 0 Å². The lowest BCUT2D eigenvalue weighted by atomic mass is 10.1. The molecule has 90 valence electrons. The van der Waals surface area contributed by atoms with Gasteiger partial charge in [0.05, 0.1) is 0 Å². The molecule has 1 N–H and O–H groups in total. The summed E-state index contributed by atoms with van der Waals surface area (Å²) in [5.74, 6) is 0. The van der Waals surface area contributed by atoms with Crippen LogP contribution in [0.4, 0.5) is 0 Å². The molecule has 0 unspecified atom stereocenters. The number of hydrogen-bond donors (Lipinski definition) is 1. The molecule has 0 saturated heterocycles. The van der Waals surface area contributed by atoms with E-state index in [0.717, 1.165) is 19.1 Å². The Hall–Kier alpha value is -1.28. The lowest BCUT2D eigenvalue weighted by Crippen LogP contribution is -2.15. The normalized spacial score (nSPS) is 15.6. The van der Waals surface area contributed by atoms with Crippen LogP contribution in [0.5, 0.6) is 0 Å². The molecule has 2 aromatic rings. The van der Waals surface area contributed by atoms with Gasteiger partial charge < -0.3 is 9.88 Å². The van der Waals surface area contributed by atoms with Crippen molar-refractivity contribution >= 4 is 10.9 Å². The summed E-state index contributed by atoms with van der Waals surface area (Å²) in [4.78, 5) is 0. The number of benzene rings is 1. The number of rotatable bonds is 5. The molecule has 1 aliphatic carbocycles. The number of nitrogens with zero attached hydrogens (tertiary/aromatic N) is 1. The summed E-state index contributed by atoms with van der Waals surface area (Å²) in [6.45, 7) is 4.35. The van der Waals surface area contributed by atoms with E-state index < -0.39 is 0 Å². The van der Waals surface area contributed by atoms with Crippen LogP contribution in [0, 0.1) is 0 Å². The summed E-state index contributed by atoms with van der Waals surface area (Å²) < 4.78 is 2.34. The topological polar surface area (TPSA) is 17.0 Å². The van der Waals surface area contributed by atoms with Crippen LogP contribution in [0.1, 0.15) is 31.7 Å². The second-order valence-corrected chi connectivity index (χ2v) is 5.06. The highest BCUT2D eigenvalue weighted by molar-refractivity contribution is 5.80. The average molecular weight is 228 g/mol. The Kier molecular flexibility index (Phi) is 2.89. The van der Waals surface area contributed by atoms with Gasteiger partial charge >= 0.3 is 0 Å². The first-order chi connectivity index (χ1) is 8.36. The first-order valence-corrected chi connectivity index (χ1v) is 6.68. The molecule has 1 fully saturated rings. The summed E-state index contributed by atoms with van der Waals surface area (Å²) in [6.07, 6.45) is 6.10. The van der Waals surface area contributed by atoms with Crippen molar-refractivity contribution in [2.45, 2.75) is 45.3 Å². The fourth-order valence-corrected chi connectivity index (χ4v) is 2.35. The quantitative estimate of drug-likeness (QED) is 0.831. The molecule has 2 nitrogen and oxygen atoms in total. The number of fused-ring (bicyclic) bond motifs is 1. The second-order valence-electron chi connectivity index (χ2n) is 5.06. The lowest BCUT2D eigenvalue weighted by molar-refractivity contribution is 0.687. The Morgan fingerprint density at radius 2 is 2.18 bits per heavy atom. The predicted octanol–water partition coefficient (Wildman–Crippen LogP) is 3.30. The summed E-state index contributed by atoms with van der Waals surface area (Å²) in [7, 11) is 0. The standard InChI is InChI=1S/C15H20N2/c1-2-8-17-9-7-13-10-12(3-6-15(13)17)11-16-14-4-5-14/h3,6-7,9-10,14,16H,2,4-5,8,11H2,1H3. The molecule has 1 aromatic carbocycles. The van der Waals surface area contributed by atoms with Crippen molar-refractivity contribution in [1.82, 2.24) is 9.88 Å². The van der Waals surface area contributed by atoms with Gasteiger partial charge in [-0.25, -0.2) is 0 Å². The van der Waals surface area contributed by atoms with Crippen LogP contribution in [0.15, 0.2) is 30.5 Å². The van der Waals surface area contributed by atoms with Gasteiger partial charge in [-0.15, -0.1) is 0 Å². The number of hydrogen-bond acceptors (Lipinski definition) is 1. The first kappa shape index (κ1) is 10.8. The van der Waals surface area contributed by atoms with Crippen molar-refractivity contribution in [3.05, 3.63) is 36.0 Å². The van der Waals surface area contributed by atoms with E-state index in [1.165, 1.54) is 35.7 Å². The lowest BCUT2D eigenvalue weighted by Gasteiger charge is -2.05. The zero-order chi connectivity index (χ0) is 11.7. The minimum Gasteiger partial charge on any atom is -0.347 e. The van der Waals surface area contributed by atoms with Crippen LogP contribution >= 0.6 is 0 Å². The van der Waals surface area contributed by atoms with Crippen LogP contribution in [0.2, 0.25) is 0 Å². The Morgan fingerprint density at radius 1 is 1.29 bits per heavy atom. The molecule has 0 bridgehead atoms. The van der Waals surface area contributed by atoms with Gasteiger partial charge in [-0.1, -0.05) is 13.0 Å². The van der Waals surface area contributed by atoms with Gasteiger partial charge in [0, 0.05) is 30.8 Å². The summed E-state index contributed by atoms with van der Waals surface area (Å²) in [5, 5.41) is 4.93. The van der Waals surface area contributed by atoms with Crippen molar-refractivity contribution in [3.63, 3.8) is 0 Å². The van der Waals surface area contributed by atoms with Crippen molar-refractivity contribution < 1.29 is 0 Å². The van der Waals surface area contributed by atoms with E-state index in [9.17, 15) is 0 Å². The molecule has 17 heavy (non-hydrogen) atoms. The zero-order valence-corrected chi connectivity index (χ0v) is 10.4. The number of nitrogens with one attached hydrogen (secondary N) is 1. The molecular weight excluding hydrogens is 208 g/mol. The van der Waals surface area contributed by atoms with Gasteiger partial charge in [0.1, 0.15) is 0 Å². The van der Waals surface area contributed by atoms with Crippen LogP contribution in [-0.2, 0) is 13.1 Å². The van der Waals surface area contributed by atoms with Gasteiger partial charge in [-0.2, -0.15) is 0 Å². The average Bonchev–Trinajstić information content (AvgIpc) is 3.10. The predicted molar refractivity (Wildman–Crippen MR) is 72.1 cm³/mol. The molecule has 0 aliphatic heterocycles.